The summed E-state index contributed by atoms with van der Waals surface area (Å²) < 4.78 is 16.4. The molecule has 0 bridgehead atoms. The maximum absolute atomic E-state index is 12.9. The molecular formula is C22H25NO6. The maximum atomic E-state index is 12.9. The number of rotatable bonds is 9. The largest absolute Gasteiger partial charge is 0.493 e. The Bertz CT molecular complexity index is 920. The van der Waals surface area contributed by atoms with Crippen LogP contribution in [0.1, 0.15) is 40.1 Å². The third kappa shape index (κ3) is 5.28. The predicted molar refractivity (Wildman–Crippen MR) is 111 cm³/mol. The van der Waals surface area contributed by atoms with Crippen molar-refractivity contribution in [3.05, 3.63) is 59.7 Å². The third-order valence-electron chi connectivity index (χ3n) is 4.02. The van der Waals surface area contributed by atoms with Gasteiger partial charge in [-0.2, -0.15) is 0 Å². The number of carboxylic acid groups (broad SMARTS) is 1. The summed E-state index contributed by atoms with van der Waals surface area (Å²) in [5, 5.41) is 12.0. The number of carbonyl (C=O) groups is 2. The molecule has 0 aliphatic heterocycles. The average molecular weight is 399 g/mol. The monoisotopic (exact) mass is 399 g/mol. The Morgan fingerprint density at radius 2 is 1.83 bits per heavy atom. The lowest BCUT2D eigenvalue weighted by atomic mass is 10.0. The van der Waals surface area contributed by atoms with E-state index < -0.39 is 11.9 Å². The van der Waals surface area contributed by atoms with Crippen LogP contribution < -0.4 is 19.5 Å². The minimum absolute atomic E-state index is 0.0380. The fourth-order valence-electron chi connectivity index (χ4n) is 2.79. The number of hydrogen-bond donors (Lipinski definition) is 2. The van der Waals surface area contributed by atoms with Crippen LogP contribution in [-0.2, 0) is 6.42 Å². The highest BCUT2D eigenvalue weighted by atomic mass is 16.5. The van der Waals surface area contributed by atoms with Crippen molar-refractivity contribution in [2.75, 3.05) is 19.5 Å². The quantitative estimate of drug-likeness (QED) is 0.615. The van der Waals surface area contributed by atoms with Gasteiger partial charge in [0.05, 0.1) is 31.6 Å². The van der Waals surface area contributed by atoms with Crippen molar-refractivity contribution in [2.45, 2.75) is 26.4 Å². The smallest absolute Gasteiger partial charge is 0.335 e. The van der Waals surface area contributed by atoms with Gasteiger partial charge in [0.1, 0.15) is 5.75 Å². The van der Waals surface area contributed by atoms with Gasteiger partial charge in [0.25, 0.3) is 5.91 Å². The Morgan fingerprint density at radius 1 is 1.10 bits per heavy atom. The first kappa shape index (κ1) is 21.8. The summed E-state index contributed by atoms with van der Waals surface area (Å²) in [6.45, 7) is 7.41. The zero-order valence-electron chi connectivity index (χ0n) is 16.9. The van der Waals surface area contributed by atoms with Crippen LogP contribution in [0.3, 0.4) is 0 Å². The fourth-order valence-corrected chi connectivity index (χ4v) is 2.79. The summed E-state index contributed by atoms with van der Waals surface area (Å²) in [6, 6.07) is 7.56. The van der Waals surface area contributed by atoms with Crippen molar-refractivity contribution in [1.82, 2.24) is 0 Å². The Labute approximate surface area is 169 Å². The van der Waals surface area contributed by atoms with Gasteiger partial charge in [-0.25, -0.2) is 4.79 Å². The number of anilines is 1. The van der Waals surface area contributed by atoms with Crippen molar-refractivity contribution >= 4 is 17.6 Å². The number of benzene rings is 2. The summed E-state index contributed by atoms with van der Waals surface area (Å²) >= 11 is 0. The van der Waals surface area contributed by atoms with E-state index in [0.717, 1.165) is 5.56 Å². The predicted octanol–water partition coefficient (Wildman–Crippen LogP) is 4.17. The summed E-state index contributed by atoms with van der Waals surface area (Å²) in [6.07, 6.45) is 2.03. The minimum Gasteiger partial charge on any atom is -0.493 e. The van der Waals surface area contributed by atoms with Gasteiger partial charge in [0.15, 0.2) is 11.5 Å². The fraction of sp³-hybridized carbons (Fsp3) is 0.273. The summed E-state index contributed by atoms with van der Waals surface area (Å²) in [7, 11) is 3.01. The molecule has 7 heteroatoms. The Morgan fingerprint density at radius 3 is 2.38 bits per heavy atom. The van der Waals surface area contributed by atoms with Crippen molar-refractivity contribution in [2.24, 2.45) is 0 Å². The number of allylic oxidation sites excluding steroid dienone is 1. The lowest BCUT2D eigenvalue weighted by molar-refractivity contribution is 0.0696. The SMILES string of the molecule is C=CCc1cc(C(=O)Nc2cc(C(=O)O)ccc2OC(C)C)cc(OC)c1OC. The molecule has 0 radical (unpaired) electrons. The van der Waals surface area contributed by atoms with Crippen molar-refractivity contribution in [3.8, 4) is 17.2 Å². The van der Waals surface area contributed by atoms with Crippen LogP contribution in [0.25, 0.3) is 0 Å². The molecule has 0 saturated carbocycles. The first-order valence-corrected chi connectivity index (χ1v) is 9.01. The molecule has 29 heavy (non-hydrogen) atoms. The van der Waals surface area contributed by atoms with Gasteiger partial charge in [0.2, 0.25) is 0 Å². The molecule has 0 aliphatic carbocycles. The number of nitrogens with one attached hydrogen (secondary N) is 1. The van der Waals surface area contributed by atoms with Gasteiger partial charge in [-0.05, 0) is 50.6 Å². The van der Waals surface area contributed by atoms with Crippen molar-refractivity contribution in [3.63, 3.8) is 0 Å². The molecule has 0 spiro atoms. The zero-order valence-corrected chi connectivity index (χ0v) is 16.9. The molecule has 0 fully saturated rings. The van der Waals surface area contributed by atoms with Crippen LogP contribution >= 0.6 is 0 Å². The molecule has 2 aromatic carbocycles. The molecule has 2 aromatic rings. The van der Waals surface area contributed by atoms with Crippen molar-refractivity contribution < 1.29 is 28.9 Å². The normalized spacial score (nSPS) is 10.4. The Balaban J connectivity index is 2.45. The molecule has 0 atom stereocenters. The van der Waals surface area contributed by atoms with E-state index >= 15 is 0 Å². The number of hydrogen-bond acceptors (Lipinski definition) is 5. The Hall–Kier alpha value is -3.48. The lowest BCUT2D eigenvalue weighted by Gasteiger charge is -2.17. The van der Waals surface area contributed by atoms with E-state index in [4.69, 9.17) is 14.2 Å². The maximum Gasteiger partial charge on any atom is 0.335 e. The van der Waals surface area contributed by atoms with E-state index in [9.17, 15) is 14.7 Å². The molecule has 2 N–H and O–H groups in total. The highest BCUT2D eigenvalue weighted by Gasteiger charge is 2.18. The molecule has 0 saturated heterocycles. The first-order chi connectivity index (χ1) is 13.8. The first-order valence-electron chi connectivity index (χ1n) is 9.01. The third-order valence-corrected chi connectivity index (χ3v) is 4.02. The average Bonchev–Trinajstić information content (AvgIpc) is 2.68. The standard InChI is InChI=1S/C22H25NO6/c1-6-7-14-10-16(12-19(27-4)20(14)28-5)21(24)23-17-11-15(22(25)26)8-9-18(17)29-13(2)3/h6,8-13H,1,7H2,2-5H3,(H,23,24)(H,25,26). The Kier molecular flexibility index (Phi) is 7.25. The molecule has 1 amide bonds. The van der Waals surface area contributed by atoms with E-state index in [1.165, 1.54) is 32.4 Å². The van der Waals surface area contributed by atoms with Crippen LogP contribution in [0.2, 0.25) is 0 Å². The van der Waals surface area contributed by atoms with Crippen LogP contribution in [0.15, 0.2) is 43.0 Å². The van der Waals surface area contributed by atoms with Crippen LogP contribution in [-0.4, -0.2) is 37.3 Å². The zero-order chi connectivity index (χ0) is 21.6. The molecule has 154 valence electrons. The second-order valence-electron chi connectivity index (χ2n) is 6.50. The van der Waals surface area contributed by atoms with Crippen LogP contribution in [0, 0.1) is 0 Å². The molecule has 0 aliphatic rings. The van der Waals surface area contributed by atoms with Crippen molar-refractivity contribution in [1.29, 1.82) is 0 Å². The van der Waals surface area contributed by atoms with E-state index in [1.807, 2.05) is 13.8 Å². The molecule has 0 heterocycles. The van der Waals surface area contributed by atoms with Gasteiger partial charge < -0.3 is 24.6 Å². The van der Waals surface area contributed by atoms with Gasteiger partial charge in [-0.3, -0.25) is 4.79 Å². The van der Waals surface area contributed by atoms with Crippen LogP contribution in [0.5, 0.6) is 17.2 Å². The lowest BCUT2D eigenvalue weighted by Crippen LogP contribution is -2.16. The van der Waals surface area contributed by atoms with Gasteiger partial charge in [-0.1, -0.05) is 6.08 Å². The number of aromatic carboxylic acids is 1. The molecule has 0 aromatic heterocycles. The summed E-state index contributed by atoms with van der Waals surface area (Å²) in [5.74, 6) is -0.218. The van der Waals surface area contributed by atoms with E-state index in [0.29, 0.717) is 29.2 Å². The van der Waals surface area contributed by atoms with Gasteiger partial charge >= 0.3 is 5.97 Å². The van der Waals surface area contributed by atoms with E-state index in [1.54, 1.807) is 18.2 Å². The van der Waals surface area contributed by atoms with Gasteiger partial charge in [-0.15, -0.1) is 6.58 Å². The number of methoxy groups -OCH3 is 2. The second-order valence-corrected chi connectivity index (χ2v) is 6.50. The second kappa shape index (κ2) is 9.64. The minimum atomic E-state index is -1.10. The highest BCUT2D eigenvalue weighted by molar-refractivity contribution is 6.06. The van der Waals surface area contributed by atoms with E-state index in [2.05, 4.69) is 11.9 Å². The molecule has 0 unspecified atom stereocenters. The number of carboxylic acids is 1. The molecular weight excluding hydrogens is 374 g/mol. The number of ether oxygens (including phenoxy) is 3. The number of carbonyl (C=O) groups excluding carboxylic acids is 1. The summed E-state index contributed by atoms with van der Waals surface area (Å²) in [4.78, 5) is 24.2. The highest BCUT2D eigenvalue weighted by Crippen LogP contribution is 2.34. The molecule has 7 nitrogen and oxygen atoms in total. The summed E-state index contributed by atoms with van der Waals surface area (Å²) in [5.41, 5.74) is 1.38. The molecule has 2 rings (SSSR count). The topological polar surface area (TPSA) is 94.1 Å². The number of amides is 1. The van der Waals surface area contributed by atoms with E-state index in [-0.39, 0.29) is 17.4 Å². The van der Waals surface area contributed by atoms with Gasteiger partial charge in [0, 0.05) is 11.1 Å². The van der Waals surface area contributed by atoms with Crippen LogP contribution in [0.4, 0.5) is 5.69 Å².